The van der Waals surface area contributed by atoms with Crippen LogP contribution in [-0.2, 0) is 6.54 Å². The molecule has 0 unspecified atom stereocenters. The van der Waals surface area contributed by atoms with Crippen LogP contribution in [-0.4, -0.2) is 13.2 Å². The summed E-state index contributed by atoms with van der Waals surface area (Å²) < 4.78 is 5.81. The Morgan fingerprint density at radius 3 is 2.63 bits per heavy atom. The molecule has 0 aliphatic carbocycles. The molecule has 0 aliphatic heterocycles. The third-order valence-corrected chi connectivity index (χ3v) is 3.17. The van der Waals surface area contributed by atoms with Crippen molar-refractivity contribution in [3.05, 3.63) is 29.8 Å². The van der Waals surface area contributed by atoms with Crippen molar-refractivity contribution in [1.82, 2.24) is 5.32 Å². The minimum atomic E-state index is 0.843. The maximum Gasteiger partial charge on any atom is 0.119 e. The van der Waals surface area contributed by atoms with Gasteiger partial charge in [0.15, 0.2) is 0 Å². The van der Waals surface area contributed by atoms with E-state index in [2.05, 4.69) is 43.4 Å². The minimum absolute atomic E-state index is 0.843. The molecule has 0 aromatic heterocycles. The van der Waals surface area contributed by atoms with E-state index in [1.54, 1.807) is 0 Å². The zero-order valence-electron chi connectivity index (χ0n) is 12.6. The van der Waals surface area contributed by atoms with Crippen molar-refractivity contribution in [1.29, 1.82) is 0 Å². The number of hydrogen-bond donors (Lipinski definition) is 1. The van der Waals surface area contributed by atoms with E-state index in [9.17, 15) is 0 Å². The van der Waals surface area contributed by atoms with Gasteiger partial charge in [0, 0.05) is 6.54 Å². The summed E-state index contributed by atoms with van der Waals surface area (Å²) in [6, 6.07) is 8.43. The molecule has 1 aromatic rings. The van der Waals surface area contributed by atoms with Crippen LogP contribution in [0, 0.1) is 0 Å². The summed E-state index contributed by atoms with van der Waals surface area (Å²) in [5.41, 5.74) is 1.30. The van der Waals surface area contributed by atoms with E-state index in [4.69, 9.17) is 4.74 Å². The molecule has 19 heavy (non-hydrogen) atoms. The highest BCUT2D eigenvalue weighted by molar-refractivity contribution is 5.28. The Morgan fingerprint density at radius 1 is 1.00 bits per heavy atom. The highest BCUT2D eigenvalue weighted by Gasteiger charge is 1.97. The van der Waals surface area contributed by atoms with Gasteiger partial charge in [-0.2, -0.15) is 0 Å². The molecule has 108 valence electrons. The highest BCUT2D eigenvalue weighted by atomic mass is 16.5. The summed E-state index contributed by atoms with van der Waals surface area (Å²) >= 11 is 0. The predicted molar refractivity (Wildman–Crippen MR) is 82.7 cm³/mol. The first-order valence-corrected chi connectivity index (χ1v) is 7.79. The van der Waals surface area contributed by atoms with Crippen molar-refractivity contribution in [3.8, 4) is 5.75 Å². The van der Waals surface area contributed by atoms with Crippen LogP contribution in [0.15, 0.2) is 24.3 Å². The van der Waals surface area contributed by atoms with Gasteiger partial charge in [-0.3, -0.25) is 0 Å². The monoisotopic (exact) mass is 263 g/mol. The number of hydrogen-bond acceptors (Lipinski definition) is 2. The fourth-order valence-electron chi connectivity index (χ4n) is 2.05. The number of ether oxygens (including phenoxy) is 1. The molecule has 2 heteroatoms. The number of rotatable bonds is 11. The largest absolute Gasteiger partial charge is 0.494 e. The van der Waals surface area contributed by atoms with E-state index in [1.807, 2.05) is 0 Å². The molecule has 1 aromatic carbocycles. The molecule has 0 radical (unpaired) electrons. The second kappa shape index (κ2) is 10.9. The molecule has 0 heterocycles. The normalized spacial score (nSPS) is 10.6. The maximum absolute atomic E-state index is 5.81. The molecule has 0 saturated carbocycles. The van der Waals surface area contributed by atoms with Crippen LogP contribution in [0.4, 0.5) is 0 Å². The molecular formula is C17H29NO. The Kier molecular flexibility index (Phi) is 9.17. The van der Waals surface area contributed by atoms with Crippen LogP contribution >= 0.6 is 0 Å². The van der Waals surface area contributed by atoms with Crippen molar-refractivity contribution < 1.29 is 4.74 Å². The summed E-state index contributed by atoms with van der Waals surface area (Å²) in [6.45, 7) is 7.28. The zero-order valence-corrected chi connectivity index (χ0v) is 12.6. The van der Waals surface area contributed by atoms with Gasteiger partial charge in [-0.05, 0) is 37.1 Å². The van der Waals surface area contributed by atoms with Gasteiger partial charge in [-0.1, -0.05) is 51.7 Å². The van der Waals surface area contributed by atoms with Crippen molar-refractivity contribution in [2.75, 3.05) is 13.2 Å². The first-order chi connectivity index (χ1) is 9.36. The SMILES string of the molecule is CCCCCCCOc1cccc(CNCCC)c1. The number of nitrogens with one attached hydrogen (secondary N) is 1. The fraction of sp³-hybridized carbons (Fsp3) is 0.647. The molecule has 0 fully saturated rings. The summed E-state index contributed by atoms with van der Waals surface area (Å²) in [5.74, 6) is 1.01. The Balaban J connectivity index is 2.20. The van der Waals surface area contributed by atoms with Gasteiger partial charge in [0.05, 0.1) is 6.61 Å². The third kappa shape index (κ3) is 7.89. The van der Waals surface area contributed by atoms with Crippen molar-refractivity contribution in [3.63, 3.8) is 0 Å². The van der Waals surface area contributed by atoms with Gasteiger partial charge in [0.1, 0.15) is 5.75 Å². The van der Waals surface area contributed by atoms with E-state index >= 15 is 0 Å². The summed E-state index contributed by atoms with van der Waals surface area (Å²) in [7, 11) is 0. The lowest BCUT2D eigenvalue weighted by atomic mass is 10.2. The molecule has 0 atom stereocenters. The average Bonchev–Trinajstić information content (AvgIpc) is 2.43. The minimum Gasteiger partial charge on any atom is -0.494 e. The second-order valence-electron chi connectivity index (χ2n) is 5.09. The molecule has 0 bridgehead atoms. The molecule has 0 amide bonds. The van der Waals surface area contributed by atoms with Gasteiger partial charge in [0.25, 0.3) is 0 Å². The molecular weight excluding hydrogens is 234 g/mol. The Morgan fingerprint density at radius 2 is 1.84 bits per heavy atom. The summed E-state index contributed by atoms with van der Waals surface area (Å²) in [4.78, 5) is 0. The predicted octanol–water partition coefficient (Wildman–Crippen LogP) is 4.54. The number of benzene rings is 1. The molecule has 2 nitrogen and oxygen atoms in total. The van der Waals surface area contributed by atoms with E-state index in [0.29, 0.717) is 0 Å². The van der Waals surface area contributed by atoms with Crippen LogP contribution in [0.5, 0.6) is 5.75 Å². The van der Waals surface area contributed by atoms with E-state index in [1.165, 1.54) is 37.7 Å². The first kappa shape index (κ1) is 16.0. The van der Waals surface area contributed by atoms with E-state index in [-0.39, 0.29) is 0 Å². The third-order valence-electron chi connectivity index (χ3n) is 3.17. The van der Waals surface area contributed by atoms with Crippen molar-refractivity contribution >= 4 is 0 Å². The lowest BCUT2D eigenvalue weighted by molar-refractivity contribution is 0.304. The van der Waals surface area contributed by atoms with Crippen LogP contribution < -0.4 is 10.1 Å². The van der Waals surface area contributed by atoms with Gasteiger partial charge in [-0.25, -0.2) is 0 Å². The molecule has 0 spiro atoms. The first-order valence-electron chi connectivity index (χ1n) is 7.79. The van der Waals surface area contributed by atoms with Crippen LogP contribution in [0.3, 0.4) is 0 Å². The lowest BCUT2D eigenvalue weighted by Crippen LogP contribution is -2.13. The average molecular weight is 263 g/mol. The fourth-order valence-corrected chi connectivity index (χ4v) is 2.05. The smallest absolute Gasteiger partial charge is 0.119 e. The Bertz CT molecular complexity index is 325. The van der Waals surface area contributed by atoms with Gasteiger partial charge < -0.3 is 10.1 Å². The maximum atomic E-state index is 5.81. The van der Waals surface area contributed by atoms with E-state index < -0.39 is 0 Å². The van der Waals surface area contributed by atoms with Crippen LogP contribution in [0.2, 0.25) is 0 Å². The second-order valence-corrected chi connectivity index (χ2v) is 5.09. The topological polar surface area (TPSA) is 21.3 Å². The summed E-state index contributed by atoms with van der Waals surface area (Å²) in [6.07, 6.45) is 7.60. The standard InChI is InChI=1S/C17H29NO/c1-3-5-6-7-8-13-19-17-11-9-10-16(14-17)15-18-12-4-2/h9-11,14,18H,3-8,12-13,15H2,1-2H3. The highest BCUT2D eigenvalue weighted by Crippen LogP contribution is 2.14. The Hall–Kier alpha value is -1.02. The van der Waals surface area contributed by atoms with Gasteiger partial charge in [-0.15, -0.1) is 0 Å². The van der Waals surface area contributed by atoms with Crippen molar-refractivity contribution in [2.24, 2.45) is 0 Å². The number of unbranched alkanes of at least 4 members (excludes halogenated alkanes) is 4. The van der Waals surface area contributed by atoms with Gasteiger partial charge >= 0.3 is 0 Å². The summed E-state index contributed by atoms with van der Waals surface area (Å²) in [5, 5.41) is 3.41. The van der Waals surface area contributed by atoms with Crippen LogP contribution in [0.1, 0.15) is 57.9 Å². The quantitative estimate of drug-likeness (QED) is 0.592. The molecule has 1 N–H and O–H groups in total. The lowest BCUT2D eigenvalue weighted by Gasteiger charge is -2.08. The van der Waals surface area contributed by atoms with Crippen LogP contribution in [0.25, 0.3) is 0 Å². The van der Waals surface area contributed by atoms with Gasteiger partial charge in [0.2, 0.25) is 0 Å². The van der Waals surface area contributed by atoms with E-state index in [0.717, 1.165) is 31.9 Å². The Labute approximate surface area is 118 Å². The van der Waals surface area contributed by atoms with Crippen molar-refractivity contribution in [2.45, 2.75) is 58.9 Å². The zero-order chi connectivity index (χ0) is 13.8. The molecule has 0 aliphatic rings. The molecule has 0 saturated heterocycles. The molecule has 1 rings (SSSR count).